The molecule has 4 aromatic carbocycles. The summed E-state index contributed by atoms with van der Waals surface area (Å²) in [5.74, 6) is 0.0852. The van der Waals surface area contributed by atoms with Gasteiger partial charge >= 0.3 is 5.97 Å². The van der Waals surface area contributed by atoms with E-state index < -0.39 is 12.1 Å². The van der Waals surface area contributed by atoms with Gasteiger partial charge in [0.1, 0.15) is 5.75 Å². The Balaban J connectivity index is 1.28. The summed E-state index contributed by atoms with van der Waals surface area (Å²) >= 11 is 0. The first-order chi connectivity index (χ1) is 16.3. The Labute approximate surface area is 199 Å². The van der Waals surface area contributed by atoms with Crippen molar-refractivity contribution in [2.24, 2.45) is 10.6 Å². The van der Waals surface area contributed by atoms with E-state index in [1.807, 2.05) is 24.3 Å². The minimum Gasteiger partial charge on any atom is -0.424 e. The molecular formula is C30H27NO3. The minimum atomic E-state index is -0.687. The average Bonchev–Trinajstić information content (AvgIpc) is 3.34. The molecule has 170 valence electrons. The van der Waals surface area contributed by atoms with E-state index in [9.17, 15) is 4.79 Å². The van der Waals surface area contributed by atoms with E-state index in [-0.39, 0.29) is 5.41 Å². The van der Waals surface area contributed by atoms with Crippen LogP contribution in [0.2, 0.25) is 0 Å². The summed E-state index contributed by atoms with van der Waals surface area (Å²) in [4.78, 5) is 17.9. The molecule has 1 unspecified atom stereocenters. The highest BCUT2D eigenvalue weighted by Gasteiger charge is 2.35. The van der Waals surface area contributed by atoms with Gasteiger partial charge in [0.25, 0.3) is 0 Å². The van der Waals surface area contributed by atoms with E-state index in [1.54, 1.807) is 0 Å². The number of oxime groups is 1. The molecule has 34 heavy (non-hydrogen) atoms. The molecule has 0 amide bonds. The summed E-state index contributed by atoms with van der Waals surface area (Å²) in [5.41, 5.74) is 3.01. The van der Waals surface area contributed by atoms with E-state index in [4.69, 9.17) is 9.57 Å². The molecule has 1 heterocycles. The van der Waals surface area contributed by atoms with Gasteiger partial charge in [-0.25, -0.2) is 4.79 Å². The van der Waals surface area contributed by atoms with Crippen LogP contribution in [0.1, 0.15) is 38.3 Å². The zero-order valence-corrected chi connectivity index (χ0v) is 19.6. The molecule has 0 bridgehead atoms. The molecule has 0 N–H and O–H groups in total. The zero-order chi connectivity index (χ0) is 23.7. The predicted octanol–water partition coefficient (Wildman–Crippen LogP) is 7.26. The van der Waals surface area contributed by atoms with Crippen molar-refractivity contribution in [2.75, 3.05) is 0 Å². The van der Waals surface area contributed by atoms with Gasteiger partial charge in [0.15, 0.2) is 0 Å². The Morgan fingerprint density at radius 2 is 1.44 bits per heavy atom. The van der Waals surface area contributed by atoms with Crippen LogP contribution >= 0.6 is 0 Å². The molecule has 1 atom stereocenters. The SMILES string of the molecule is CC(C)(C)C1=NOC(C(=O)Oc2ccc3cc(/C=C\c4ccc5ccccc5c4)ccc3c2)C1. The number of carbonyl (C=O) groups excluding carboxylic acids is 1. The average molecular weight is 450 g/mol. The number of hydrogen-bond acceptors (Lipinski definition) is 4. The van der Waals surface area contributed by atoms with Crippen LogP contribution in [0, 0.1) is 5.41 Å². The van der Waals surface area contributed by atoms with Crippen LogP contribution in [-0.4, -0.2) is 17.8 Å². The van der Waals surface area contributed by atoms with Crippen molar-refractivity contribution in [2.45, 2.75) is 33.3 Å². The number of fused-ring (bicyclic) bond motifs is 2. The second-order valence-electron chi connectivity index (χ2n) is 9.72. The molecule has 1 aliphatic rings. The lowest BCUT2D eigenvalue weighted by Crippen LogP contribution is -2.28. The van der Waals surface area contributed by atoms with Gasteiger partial charge in [-0.1, -0.05) is 92.7 Å². The molecule has 0 spiro atoms. The highest BCUT2D eigenvalue weighted by molar-refractivity contribution is 5.95. The van der Waals surface area contributed by atoms with Crippen molar-refractivity contribution < 1.29 is 14.4 Å². The fourth-order valence-corrected chi connectivity index (χ4v) is 4.04. The van der Waals surface area contributed by atoms with Crippen LogP contribution in [0.4, 0.5) is 0 Å². The van der Waals surface area contributed by atoms with Gasteiger partial charge in [-0.05, 0) is 56.9 Å². The first kappa shape index (κ1) is 21.9. The zero-order valence-electron chi connectivity index (χ0n) is 19.6. The molecule has 4 nitrogen and oxygen atoms in total. The van der Waals surface area contributed by atoms with Crippen molar-refractivity contribution in [1.82, 2.24) is 0 Å². The van der Waals surface area contributed by atoms with Crippen LogP contribution in [0.15, 0.2) is 84.0 Å². The van der Waals surface area contributed by atoms with Crippen LogP contribution in [0.25, 0.3) is 33.7 Å². The quantitative estimate of drug-likeness (QED) is 0.187. The van der Waals surface area contributed by atoms with Crippen LogP contribution in [0.5, 0.6) is 5.75 Å². The van der Waals surface area contributed by atoms with Gasteiger partial charge in [0.2, 0.25) is 6.10 Å². The number of rotatable bonds is 4. The molecule has 0 saturated heterocycles. The Morgan fingerprint density at radius 3 is 2.12 bits per heavy atom. The number of benzene rings is 4. The van der Waals surface area contributed by atoms with Gasteiger partial charge in [-0.3, -0.25) is 0 Å². The lowest BCUT2D eigenvalue weighted by atomic mass is 9.87. The summed E-state index contributed by atoms with van der Waals surface area (Å²) in [5, 5.41) is 8.63. The summed E-state index contributed by atoms with van der Waals surface area (Å²) in [6, 6.07) is 26.7. The maximum absolute atomic E-state index is 12.5. The molecule has 0 radical (unpaired) electrons. The van der Waals surface area contributed by atoms with E-state index in [0.717, 1.165) is 27.6 Å². The van der Waals surface area contributed by atoms with E-state index in [0.29, 0.717) is 12.2 Å². The summed E-state index contributed by atoms with van der Waals surface area (Å²) in [6.45, 7) is 6.16. The van der Waals surface area contributed by atoms with Gasteiger partial charge in [0, 0.05) is 11.8 Å². The minimum absolute atomic E-state index is 0.127. The first-order valence-electron chi connectivity index (χ1n) is 11.5. The molecule has 0 fully saturated rings. The summed E-state index contributed by atoms with van der Waals surface area (Å²) < 4.78 is 5.59. The normalized spacial score (nSPS) is 16.1. The maximum Gasteiger partial charge on any atom is 0.355 e. The number of esters is 1. The molecule has 5 rings (SSSR count). The van der Waals surface area contributed by atoms with Crippen molar-refractivity contribution in [3.63, 3.8) is 0 Å². The standard InChI is InChI=1S/C30H27NO3/c1-30(2,3)28-19-27(34-31-28)29(32)33-26-15-14-24-17-21(11-13-25(24)18-26)9-8-20-10-12-22-6-4-5-7-23(22)16-20/h4-18,27H,19H2,1-3H3/b9-8-. The van der Waals surface area contributed by atoms with Crippen molar-refractivity contribution >= 4 is 45.4 Å². The maximum atomic E-state index is 12.5. The number of ether oxygens (including phenoxy) is 1. The highest BCUT2D eigenvalue weighted by atomic mass is 16.7. The second-order valence-corrected chi connectivity index (χ2v) is 9.72. The number of nitrogens with zero attached hydrogens (tertiary/aromatic N) is 1. The van der Waals surface area contributed by atoms with E-state index >= 15 is 0 Å². The third-order valence-corrected chi connectivity index (χ3v) is 6.09. The van der Waals surface area contributed by atoms with Crippen LogP contribution in [-0.2, 0) is 9.63 Å². The molecule has 0 aromatic heterocycles. The van der Waals surface area contributed by atoms with Gasteiger partial charge in [-0.15, -0.1) is 0 Å². The lowest BCUT2D eigenvalue weighted by molar-refractivity contribution is -0.145. The first-order valence-corrected chi connectivity index (χ1v) is 11.5. The molecule has 0 saturated carbocycles. The molecule has 1 aliphatic heterocycles. The smallest absolute Gasteiger partial charge is 0.355 e. The summed E-state index contributed by atoms with van der Waals surface area (Å²) in [7, 11) is 0. The second kappa shape index (κ2) is 8.79. The predicted molar refractivity (Wildman–Crippen MR) is 139 cm³/mol. The Morgan fingerprint density at radius 1 is 0.853 bits per heavy atom. The van der Waals surface area contributed by atoms with Crippen molar-refractivity contribution in [1.29, 1.82) is 0 Å². The molecule has 0 aliphatic carbocycles. The summed E-state index contributed by atoms with van der Waals surface area (Å²) in [6.07, 6.45) is 4.01. The fourth-order valence-electron chi connectivity index (χ4n) is 4.04. The Bertz CT molecular complexity index is 1440. The lowest BCUT2D eigenvalue weighted by Gasteiger charge is -2.16. The largest absolute Gasteiger partial charge is 0.424 e. The van der Waals surface area contributed by atoms with E-state index in [2.05, 4.69) is 92.7 Å². The van der Waals surface area contributed by atoms with Crippen LogP contribution < -0.4 is 4.74 Å². The van der Waals surface area contributed by atoms with Crippen molar-refractivity contribution in [3.8, 4) is 5.75 Å². The Hall–Kier alpha value is -3.92. The highest BCUT2D eigenvalue weighted by Crippen LogP contribution is 2.28. The molecular weight excluding hydrogens is 422 g/mol. The molecule has 4 aromatic rings. The van der Waals surface area contributed by atoms with Gasteiger partial charge in [-0.2, -0.15) is 0 Å². The number of hydrogen-bond donors (Lipinski definition) is 0. The topological polar surface area (TPSA) is 47.9 Å². The third-order valence-electron chi connectivity index (χ3n) is 6.09. The van der Waals surface area contributed by atoms with Crippen LogP contribution in [0.3, 0.4) is 0 Å². The third kappa shape index (κ3) is 4.72. The van der Waals surface area contributed by atoms with Gasteiger partial charge < -0.3 is 9.57 Å². The Kier molecular flexibility index (Phi) is 5.66. The van der Waals surface area contributed by atoms with Gasteiger partial charge in [0.05, 0.1) is 5.71 Å². The van der Waals surface area contributed by atoms with E-state index in [1.165, 1.54) is 10.8 Å². The monoisotopic (exact) mass is 449 g/mol. The van der Waals surface area contributed by atoms with Crippen molar-refractivity contribution in [3.05, 3.63) is 90.0 Å². The fraction of sp³-hybridized carbons (Fsp3) is 0.200. The molecule has 4 heteroatoms. The number of carbonyl (C=O) groups is 1.